The van der Waals surface area contributed by atoms with Gasteiger partial charge in [-0.2, -0.15) is 8.42 Å². The Morgan fingerprint density at radius 1 is 1.15 bits per heavy atom. The average Bonchev–Trinajstić information content (AvgIpc) is 2.39. The maximum Gasteiger partial charge on any atom is 0.297 e. The lowest BCUT2D eigenvalue weighted by molar-refractivity contribution is 0.0885. The molecule has 112 valence electrons. The number of likely N-dealkylation sites (tertiary alicyclic amines) is 1. The van der Waals surface area contributed by atoms with Gasteiger partial charge in [0.15, 0.2) is 0 Å². The molecule has 1 aliphatic heterocycles. The minimum absolute atomic E-state index is 0.198. The van der Waals surface area contributed by atoms with Crippen LogP contribution in [-0.4, -0.2) is 38.6 Å². The van der Waals surface area contributed by atoms with Crippen LogP contribution >= 0.6 is 0 Å². The van der Waals surface area contributed by atoms with E-state index in [0.29, 0.717) is 6.04 Å². The van der Waals surface area contributed by atoms with Gasteiger partial charge >= 0.3 is 0 Å². The monoisotopic (exact) mass is 297 g/mol. The van der Waals surface area contributed by atoms with Crippen LogP contribution in [0, 0.1) is 6.92 Å². The highest BCUT2D eigenvalue weighted by Gasteiger charge is 2.26. The van der Waals surface area contributed by atoms with Crippen LogP contribution in [0.2, 0.25) is 0 Å². The van der Waals surface area contributed by atoms with Crippen LogP contribution in [0.1, 0.15) is 32.3 Å². The minimum atomic E-state index is -3.63. The van der Waals surface area contributed by atoms with Gasteiger partial charge in [-0.15, -0.1) is 0 Å². The van der Waals surface area contributed by atoms with Crippen molar-refractivity contribution in [2.45, 2.75) is 50.7 Å². The van der Waals surface area contributed by atoms with E-state index in [1.807, 2.05) is 6.92 Å². The number of hydrogen-bond acceptors (Lipinski definition) is 4. The highest BCUT2D eigenvalue weighted by Crippen LogP contribution is 2.21. The average molecular weight is 297 g/mol. The number of aryl methyl sites for hydroxylation is 1. The maximum absolute atomic E-state index is 12.2. The zero-order valence-electron chi connectivity index (χ0n) is 12.4. The molecule has 1 saturated heterocycles. The molecule has 0 bridgehead atoms. The van der Waals surface area contributed by atoms with E-state index >= 15 is 0 Å². The molecule has 1 aromatic carbocycles. The van der Waals surface area contributed by atoms with E-state index in [1.165, 1.54) is 0 Å². The first kappa shape index (κ1) is 15.5. The van der Waals surface area contributed by atoms with Crippen LogP contribution in [0.15, 0.2) is 29.2 Å². The lowest BCUT2D eigenvalue weighted by Gasteiger charge is -2.34. The van der Waals surface area contributed by atoms with Crippen molar-refractivity contribution >= 4 is 10.1 Å². The fourth-order valence-corrected chi connectivity index (χ4v) is 3.56. The van der Waals surface area contributed by atoms with Crippen molar-refractivity contribution in [3.8, 4) is 0 Å². The predicted molar refractivity (Wildman–Crippen MR) is 79.2 cm³/mol. The van der Waals surface area contributed by atoms with Crippen LogP contribution in [0.25, 0.3) is 0 Å². The number of rotatable bonds is 4. The predicted octanol–water partition coefficient (Wildman–Crippen LogP) is 2.57. The van der Waals surface area contributed by atoms with Gasteiger partial charge < -0.3 is 4.90 Å². The van der Waals surface area contributed by atoms with Gasteiger partial charge in [-0.3, -0.25) is 4.18 Å². The molecule has 5 heteroatoms. The fourth-order valence-electron chi connectivity index (χ4n) is 2.43. The number of nitrogens with zero attached hydrogens (tertiary/aromatic N) is 1. The molecule has 1 aliphatic rings. The molecular formula is C15H23NO3S. The number of benzene rings is 1. The van der Waals surface area contributed by atoms with E-state index in [2.05, 4.69) is 18.7 Å². The van der Waals surface area contributed by atoms with Gasteiger partial charge in [0.05, 0.1) is 11.0 Å². The molecule has 0 amide bonds. The van der Waals surface area contributed by atoms with E-state index in [9.17, 15) is 8.42 Å². The first-order valence-corrected chi connectivity index (χ1v) is 8.53. The summed E-state index contributed by atoms with van der Waals surface area (Å²) in [5.74, 6) is 0. The molecule has 1 fully saturated rings. The molecule has 1 aromatic rings. The Hall–Kier alpha value is -0.910. The molecular weight excluding hydrogens is 274 g/mol. The van der Waals surface area contributed by atoms with Crippen LogP contribution in [0.4, 0.5) is 0 Å². The van der Waals surface area contributed by atoms with Gasteiger partial charge in [-0.05, 0) is 45.7 Å². The molecule has 0 aliphatic carbocycles. The third-order valence-corrected chi connectivity index (χ3v) is 5.15. The summed E-state index contributed by atoms with van der Waals surface area (Å²) in [6.07, 6.45) is 1.34. The Bertz CT molecular complexity index is 529. The lowest BCUT2D eigenvalue weighted by atomic mass is 10.1. The van der Waals surface area contributed by atoms with E-state index in [-0.39, 0.29) is 11.0 Å². The molecule has 0 saturated carbocycles. The van der Waals surface area contributed by atoms with Gasteiger partial charge in [0.25, 0.3) is 10.1 Å². The molecule has 0 radical (unpaired) electrons. The molecule has 0 N–H and O–H groups in total. The van der Waals surface area contributed by atoms with Gasteiger partial charge in [0, 0.05) is 19.1 Å². The summed E-state index contributed by atoms with van der Waals surface area (Å²) >= 11 is 0. The second kappa shape index (κ2) is 6.24. The summed E-state index contributed by atoms with van der Waals surface area (Å²) < 4.78 is 29.8. The van der Waals surface area contributed by atoms with Crippen molar-refractivity contribution in [1.29, 1.82) is 0 Å². The van der Waals surface area contributed by atoms with Crippen molar-refractivity contribution in [1.82, 2.24) is 4.90 Å². The van der Waals surface area contributed by atoms with Crippen LogP contribution in [0.3, 0.4) is 0 Å². The van der Waals surface area contributed by atoms with Gasteiger partial charge in [0.1, 0.15) is 0 Å². The smallest absolute Gasteiger partial charge is 0.297 e. The lowest BCUT2D eigenvalue weighted by Crippen LogP contribution is -2.41. The largest absolute Gasteiger partial charge is 0.301 e. The molecule has 0 spiro atoms. The molecule has 0 unspecified atom stereocenters. The highest BCUT2D eigenvalue weighted by atomic mass is 32.2. The third kappa shape index (κ3) is 3.81. The Morgan fingerprint density at radius 2 is 1.70 bits per heavy atom. The summed E-state index contributed by atoms with van der Waals surface area (Å²) in [7, 11) is -3.63. The molecule has 2 rings (SSSR count). The van der Waals surface area contributed by atoms with E-state index in [4.69, 9.17) is 4.18 Å². The van der Waals surface area contributed by atoms with Gasteiger partial charge in [-0.1, -0.05) is 17.7 Å². The first-order chi connectivity index (χ1) is 9.38. The minimum Gasteiger partial charge on any atom is -0.301 e. The van der Waals surface area contributed by atoms with Gasteiger partial charge in [-0.25, -0.2) is 0 Å². The second-order valence-electron chi connectivity index (χ2n) is 5.69. The summed E-state index contributed by atoms with van der Waals surface area (Å²) in [5.41, 5.74) is 1.04. The maximum atomic E-state index is 12.2. The standard InChI is InChI=1S/C15H23NO3S/c1-12(2)16-10-8-14(9-11-16)19-20(17,18)15-6-4-13(3)5-7-15/h4-7,12,14H,8-11H2,1-3H3. The van der Waals surface area contributed by atoms with E-state index in [0.717, 1.165) is 31.5 Å². The molecule has 20 heavy (non-hydrogen) atoms. The topological polar surface area (TPSA) is 46.6 Å². The number of piperidine rings is 1. The number of hydrogen-bond donors (Lipinski definition) is 0. The normalized spacial score (nSPS) is 18.6. The van der Waals surface area contributed by atoms with Crippen molar-refractivity contribution < 1.29 is 12.6 Å². The van der Waals surface area contributed by atoms with Crippen LogP contribution < -0.4 is 0 Å². The summed E-state index contributed by atoms with van der Waals surface area (Å²) in [4.78, 5) is 2.59. The van der Waals surface area contributed by atoms with E-state index in [1.54, 1.807) is 24.3 Å². The highest BCUT2D eigenvalue weighted by molar-refractivity contribution is 7.86. The fraction of sp³-hybridized carbons (Fsp3) is 0.600. The third-order valence-electron chi connectivity index (χ3n) is 3.78. The summed E-state index contributed by atoms with van der Waals surface area (Å²) in [6.45, 7) is 8.03. The van der Waals surface area contributed by atoms with E-state index < -0.39 is 10.1 Å². The molecule has 0 atom stereocenters. The van der Waals surface area contributed by atoms with Crippen molar-refractivity contribution in [2.24, 2.45) is 0 Å². The zero-order valence-corrected chi connectivity index (χ0v) is 13.2. The Labute approximate surface area is 121 Å². The quantitative estimate of drug-likeness (QED) is 0.801. The van der Waals surface area contributed by atoms with Crippen LogP contribution in [-0.2, 0) is 14.3 Å². The first-order valence-electron chi connectivity index (χ1n) is 7.12. The summed E-state index contributed by atoms with van der Waals surface area (Å²) in [6, 6.07) is 7.29. The second-order valence-corrected chi connectivity index (χ2v) is 7.26. The Balaban J connectivity index is 1.98. The van der Waals surface area contributed by atoms with Crippen molar-refractivity contribution in [2.75, 3.05) is 13.1 Å². The van der Waals surface area contributed by atoms with Crippen molar-refractivity contribution in [3.05, 3.63) is 29.8 Å². The molecule has 4 nitrogen and oxygen atoms in total. The molecule has 0 aromatic heterocycles. The summed E-state index contributed by atoms with van der Waals surface area (Å²) in [5, 5.41) is 0. The zero-order chi connectivity index (χ0) is 14.8. The molecule has 1 heterocycles. The SMILES string of the molecule is Cc1ccc(S(=O)(=O)OC2CCN(C(C)C)CC2)cc1. The van der Waals surface area contributed by atoms with Gasteiger partial charge in [0.2, 0.25) is 0 Å². The van der Waals surface area contributed by atoms with Crippen molar-refractivity contribution in [3.63, 3.8) is 0 Å². The van der Waals surface area contributed by atoms with Crippen LogP contribution in [0.5, 0.6) is 0 Å². The Morgan fingerprint density at radius 3 is 2.20 bits per heavy atom. The Kier molecular flexibility index (Phi) is 4.83.